The number of amides is 3. The van der Waals surface area contributed by atoms with E-state index in [-0.39, 0.29) is 11.9 Å². The van der Waals surface area contributed by atoms with Gasteiger partial charge in [-0.2, -0.15) is 0 Å². The summed E-state index contributed by atoms with van der Waals surface area (Å²) in [5.74, 6) is -0.0392. The summed E-state index contributed by atoms with van der Waals surface area (Å²) in [6, 6.07) is 5.32. The lowest BCUT2D eigenvalue weighted by Gasteiger charge is -2.23. The number of aryl methyl sites for hydroxylation is 1. The maximum atomic E-state index is 12.3. The monoisotopic (exact) mass is 315 g/mol. The van der Waals surface area contributed by atoms with E-state index in [1.165, 1.54) is 19.3 Å². The van der Waals surface area contributed by atoms with Crippen molar-refractivity contribution in [3.8, 4) is 0 Å². The molecule has 23 heavy (non-hydrogen) atoms. The molecule has 1 aliphatic carbocycles. The number of carbonyl (C=O) groups is 2. The topological polar surface area (TPSA) is 70.2 Å². The van der Waals surface area contributed by atoms with E-state index in [9.17, 15) is 9.59 Å². The molecule has 1 fully saturated rings. The van der Waals surface area contributed by atoms with E-state index in [0.29, 0.717) is 23.8 Å². The second kappa shape index (κ2) is 8.36. The summed E-state index contributed by atoms with van der Waals surface area (Å²) in [5, 5.41) is 8.52. The highest BCUT2D eigenvalue weighted by molar-refractivity contribution is 5.96. The maximum Gasteiger partial charge on any atom is 0.319 e. The first-order valence-electron chi connectivity index (χ1n) is 8.17. The second-order valence-electron chi connectivity index (χ2n) is 5.96. The van der Waals surface area contributed by atoms with E-state index < -0.39 is 0 Å². The molecule has 5 heteroatoms. The Hall–Kier alpha value is -2.30. The first-order chi connectivity index (χ1) is 11.1. The second-order valence-corrected chi connectivity index (χ2v) is 5.96. The molecule has 1 saturated carbocycles. The molecule has 3 N–H and O–H groups in total. The Bertz CT molecular complexity index is 578. The summed E-state index contributed by atoms with van der Waals surface area (Å²) in [4.78, 5) is 24.0. The third kappa shape index (κ3) is 5.13. The van der Waals surface area contributed by atoms with Crippen LogP contribution in [0.15, 0.2) is 30.9 Å². The summed E-state index contributed by atoms with van der Waals surface area (Å²) in [7, 11) is 0. The quantitative estimate of drug-likeness (QED) is 0.729. The zero-order valence-corrected chi connectivity index (χ0v) is 13.7. The molecule has 3 amide bonds. The van der Waals surface area contributed by atoms with Crippen LogP contribution in [0, 0.1) is 6.92 Å². The molecule has 2 rings (SSSR count). The number of urea groups is 1. The van der Waals surface area contributed by atoms with Gasteiger partial charge in [0.2, 0.25) is 0 Å². The van der Waals surface area contributed by atoms with Gasteiger partial charge in [-0.1, -0.05) is 25.3 Å². The third-order valence-corrected chi connectivity index (χ3v) is 4.08. The van der Waals surface area contributed by atoms with Crippen LogP contribution in [0.5, 0.6) is 0 Å². The van der Waals surface area contributed by atoms with Crippen molar-refractivity contribution < 1.29 is 9.59 Å². The van der Waals surface area contributed by atoms with Gasteiger partial charge in [-0.15, -0.1) is 6.58 Å². The van der Waals surface area contributed by atoms with E-state index >= 15 is 0 Å². The third-order valence-electron chi connectivity index (χ3n) is 4.08. The molecule has 0 bridgehead atoms. The van der Waals surface area contributed by atoms with Crippen molar-refractivity contribution in [2.75, 3.05) is 11.9 Å². The Balaban J connectivity index is 1.96. The molecule has 0 aliphatic heterocycles. The van der Waals surface area contributed by atoms with Gasteiger partial charge in [-0.3, -0.25) is 4.79 Å². The Morgan fingerprint density at radius 1 is 1.26 bits per heavy atom. The normalized spacial score (nSPS) is 14.8. The predicted octanol–water partition coefficient (Wildman–Crippen LogP) is 3.37. The fourth-order valence-electron chi connectivity index (χ4n) is 2.79. The average Bonchev–Trinajstić information content (AvgIpc) is 2.55. The standard InChI is InChI=1S/C18H25N3O2/c1-3-11-19-18(23)21-16-10-9-14(12-13(16)2)17(22)20-15-7-5-4-6-8-15/h3,9-10,12,15H,1,4-8,11H2,2H3,(H,20,22)(H2,19,21,23). The van der Waals surface area contributed by atoms with Crippen LogP contribution >= 0.6 is 0 Å². The molecule has 124 valence electrons. The average molecular weight is 315 g/mol. The van der Waals surface area contributed by atoms with Crippen molar-refractivity contribution in [1.82, 2.24) is 10.6 Å². The van der Waals surface area contributed by atoms with Crippen molar-refractivity contribution in [3.63, 3.8) is 0 Å². The van der Waals surface area contributed by atoms with Gasteiger partial charge in [-0.05, 0) is 43.5 Å². The molecule has 0 unspecified atom stereocenters. The molecular weight excluding hydrogens is 290 g/mol. The number of hydrogen-bond donors (Lipinski definition) is 3. The zero-order valence-electron chi connectivity index (χ0n) is 13.7. The van der Waals surface area contributed by atoms with Crippen LogP contribution in [-0.2, 0) is 0 Å². The van der Waals surface area contributed by atoms with E-state index in [4.69, 9.17) is 0 Å². The lowest BCUT2D eigenvalue weighted by molar-refractivity contribution is 0.0927. The van der Waals surface area contributed by atoms with Crippen LogP contribution in [0.3, 0.4) is 0 Å². The van der Waals surface area contributed by atoms with Gasteiger partial charge in [0.05, 0.1) is 0 Å². The highest BCUT2D eigenvalue weighted by Crippen LogP contribution is 2.19. The molecule has 0 heterocycles. The smallest absolute Gasteiger partial charge is 0.319 e. The highest BCUT2D eigenvalue weighted by atomic mass is 16.2. The van der Waals surface area contributed by atoms with Crippen molar-refractivity contribution in [3.05, 3.63) is 42.0 Å². The Morgan fingerprint density at radius 2 is 2.00 bits per heavy atom. The molecule has 0 aromatic heterocycles. The summed E-state index contributed by atoms with van der Waals surface area (Å²) < 4.78 is 0. The van der Waals surface area contributed by atoms with Gasteiger partial charge in [0.25, 0.3) is 5.91 Å². The Labute approximate surface area is 137 Å². The predicted molar refractivity (Wildman–Crippen MR) is 92.7 cm³/mol. The molecule has 5 nitrogen and oxygen atoms in total. The van der Waals surface area contributed by atoms with Crippen LogP contribution < -0.4 is 16.0 Å². The molecule has 0 atom stereocenters. The number of hydrogen-bond acceptors (Lipinski definition) is 2. The van der Waals surface area contributed by atoms with Crippen LogP contribution in [0.25, 0.3) is 0 Å². The molecule has 0 saturated heterocycles. The minimum Gasteiger partial charge on any atom is -0.349 e. The van der Waals surface area contributed by atoms with E-state index in [0.717, 1.165) is 18.4 Å². The van der Waals surface area contributed by atoms with Crippen molar-refractivity contribution in [1.29, 1.82) is 0 Å². The molecular formula is C18H25N3O2. The Kier molecular flexibility index (Phi) is 6.20. The fourth-order valence-corrected chi connectivity index (χ4v) is 2.79. The first-order valence-corrected chi connectivity index (χ1v) is 8.17. The Morgan fingerprint density at radius 3 is 2.65 bits per heavy atom. The van der Waals surface area contributed by atoms with Gasteiger partial charge in [0, 0.05) is 23.8 Å². The highest BCUT2D eigenvalue weighted by Gasteiger charge is 2.17. The van der Waals surface area contributed by atoms with Gasteiger partial charge in [0.15, 0.2) is 0 Å². The van der Waals surface area contributed by atoms with E-state index in [1.807, 2.05) is 6.92 Å². The van der Waals surface area contributed by atoms with Crippen LogP contribution in [0.4, 0.5) is 10.5 Å². The number of nitrogens with one attached hydrogen (secondary N) is 3. The molecule has 1 aromatic rings. The van der Waals surface area contributed by atoms with Crippen LogP contribution in [-0.4, -0.2) is 24.5 Å². The molecule has 0 spiro atoms. The number of anilines is 1. The summed E-state index contributed by atoms with van der Waals surface area (Å²) >= 11 is 0. The van der Waals surface area contributed by atoms with Crippen molar-refractivity contribution in [2.45, 2.75) is 45.1 Å². The van der Waals surface area contributed by atoms with Crippen LogP contribution in [0.1, 0.15) is 48.0 Å². The molecule has 0 radical (unpaired) electrons. The zero-order chi connectivity index (χ0) is 16.7. The van der Waals surface area contributed by atoms with Crippen molar-refractivity contribution in [2.24, 2.45) is 0 Å². The van der Waals surface area contributed by atoms with Gasteiger partial charge in [-0.25, -0.2) is 4.79 Å². The fraction of sp³-hybridized carbons (Fsp3) is 0.444. The van der Waals surface area contributed by atoms with Gasteiger partial charge in [0.1, 0.15) is 0 Å². The molecule has 1 aromatic carbocycles. The minimum atomic E-state index is -0.285. The van der Waals surface area contributed by atoms with E-state index in [1.54, 1.807) is 24.3 Å². The largest absolute Gasteiger partial charge is 0.349 e. The minimum absolute atomic E-state index is 0.0392. The summed E-state index contributed by atoms with van der Waals surface area (Å²) in [6.45, 7) is 5.83. The number of carbonyl (C=O) groups excluding carboxylic acids is 2. The summed E-state index contributed by atoms with van der Waals surface area (Å²) in [5.41, 5.74) is 2.18. The van der Waals surface area contributed by atoms with Crippen molar-refractivity contribution >= 4 is 17.6 Å². The lowest BCUT2D eigenvalue weighted by Crippen LogP contribution is -2.36. The van der Waals surface area contributed by atoms with Crippen LogP contribution in [0.2, 0.25) is 0 Å². The SMILES string of the molecule is C=CCNC(=O)Nc1ccc(C(=O)NC2CCCCC2)cc1C. The summed E-state index contributed by atoms with van der Waals surface area (Å²) in [6.07, 6.45) is 7.38. The van der Waals surface area contributed by atoms with Gasteiger partial charge >= 0.3 is 6.03 Å². The number of benzene rings is 1. The van der Waals surface area contributed by atoms with E-state index in [2.05, 4.69) is 22.5 Å². The van der Waals surface area contributed by atoms with Gasteiger partial charge < -0.3 is 16.0 Å². The molecule has 1 aliphatic rings. The first kappa shape index (κ1) is 17.1. The maximum absolute atomic E-state index is 12.3. The number of rotatable bonds is 5. The lowest BCUT2D eigenvalue weighted by atomic mass is 9.95.